The van der Waals surface area contributed by atoms with E-state index in [9.17, 15) is 4.79 Å². The summed E-state index contributed by atoms with van der Waals surface area (Å²) < 4.78 is 3.19. The van der Waals surface area contributed by atoms with Gasteiger partial charge in [0, 0.05) is 34.5 Å². The Balaban J connectivity index is 1.64. The van der Waals surface area contributed by atoms with Gasteiger partial charge in [0.05, 0.1) is 0 Å². The molecule has 1 amide bonds. The van der Waals surface area contributed by atoms with Crippen LogP contribution in [0.1, 0.15) is 21.5 Å². The van der Waals surface area contributed by atoms with E-state index in [1.165, 1.54) is 0 Å². The minimum absolute atomic E-state index is 0.0897. The average molecular weight is 444 g/mol. The van der Waals surface area contributed by atoms with Gasteiger partial charge in [-0.05, 0) is 35.4 Å². The number of amides is 1. The lowest BCUT2D eigenvalue weighted by atomic mass is 9.82. The van der Waals surface area contributed by atoms with Crippen LogP contribution in [0.3, 0.4) is 0 Å². The predicted octanol–water partition coefficient (Wildman–Crippen LogP) is 4.85. The summed E-state index contributed by atoms with van der Waals surface area (Å²) in [5.41, 5.74) is 3.41. The van der Waals surface area contributed by atoms with Crippen molar-refractivity contribution < 1.29 is 4.79 Å². The molecular formula is C24H18BrN3O. The van der Waals surface area contributed by atoms with Gasteiger partial charge in [-0.15, -0.1) is 0 Å². The smallest absolute Gasteiger partial charge is 0.251 e. The van der Waals surface area contributed by atoms with Gasteiger partial charge < -0.3 is 9.88 Å². The first-order valence-corrected chi connectivity index (χ1v) is 10.2. The molecular weight excluding hydrogens is 426 g/mol. The number of nitrogens with one attached hydrogen (secondary N) is 1. The third kappa shape index (κ3) is 2.81. The molecule has 0 aliphatic carbocycles. The van der Waals surface area contributed by atoms with Gasteiger partial charge in [0.15, 0.2) is 0 Å². The lowest BCUT2D eigenvalue weighted by molar-refractivity contribution is 0.0944. The maximum Gasteiger partial charge on any atom is 0.251 e. The highest BCUT2D eigenvalue weighted by Gasteiger charge is 2.45. The van der Waals surface area contributed by atoms with Crippen LogP contribution in [-0.2, 0) is 5.54 Å². The first-order valence-electron chi connectivity index (χ1n) is 9.43. The molecule has 0 saturated carbocycles. The van der Waals surface area contributed by atoms with E-state index in [1.54, 1.807) is 0 Å². The molecule has 1 aliphatic rings. The summed E-state index contributed by atoms with van der Waals surface area (Å²) in [7, 11) is 0. The van der Waals surface area contributed by atoms with Gasteiger partial charge >= 0.3 is 0 Å². The first-order chi connectivity index (χ1) is 14.2. The van der Waals surface area contributed by atoms with Crippen LogP contribution < -0.4 is 5.32 Å². The molecule has 1 N–H and O–H groups in total. The van der Waals surface area contributed by atoms with Crippen LogP contribution in [0.2, 0.25) is 0 Å². The highest BCUT2D eigenvalue weighted by Crippen LogP contribution is 2.46. The topological polar surface area (TPSA) is 46.9 Å². The Morgan fingerprint density at radius 1 is 0.966 bits per heavy atom. The third-order valence-electron chi connectivity index (χ3n) is 5.53. The Morgan fingerprint density at radius 2 is 1.69 bits per heavy atom. The molecule has 1 aromatic heterocycles. The zero-order valence-corrected chi connectivity index (χ0v) is 17.1. The second-order valence-corrected chi connectivity index (χ2v) is 8.00. The number of benzene rings is 3. The van der Waals surface area contributed by atoms with Crippen LogP contribution in [0, 0.1) is 0 Å². The standard InChI is InChI=1S/C24H18BrN3O/c25-19-12-10-18(11-13-19)24(16-27-23(29)17-6-2-1-3-7-17)21-9-5-4-8-20(21)22-26-14-15-28(22)24/h1-15H,16H2,(H,27,29). The molecule has 1 unspecified atom stereocenters. The number of aromatic nitrogens is 2. The molecule has 4 aromatic rings. The molecule has 0 spiro atoms. The summed E-state index contributed by atoms with van der Waals surface area (Å²) in [4.78, 5) is 17.5. The zero-order chi connectivity index (χ0) is 19.8. The normalized spacial score (nSPS) is 16.9. The van der Waals surface area contributed by atoms with E-state index in [4.69, 9.17) is 0 Å². The van der Waals surface area contributed by atoms with Crippen LogP contribution >= 0.6 is 15.9 Å². The van der Waals surface area contributed by atoms with E-state index in [1.807, 2.05) is 67.0 Å². The van der Waals surface area contributed by atoms with Crippen molar-refractivity contribution in [2.75, 3.05) is 6.54 Å². The number of carbonyl (C=O) groups excluding carboxylic acids is 1. The molecule has 0 bridgehead atoms. The molecule has 2 heterocycles. The first kappa shape index (κ1) is 17.9. The number of carbonyl (C=O) groups is 1. The number of imidazole rings is 1. The van der Waals surface area contributed by atoms with Gasteiger partial charge in [-0.1, -0.05) is 70.5 Å². The van der Waals surface area contributed by atoms with Crippen molar-refractivity contribution >= 4 is 21.8 Å². The maximum atomic E-state index is 12.8. The molecule has 4 nitrogen and oxygen atoms in total. The quantitative estimate of drug-likeness (QED) is 0.489. The van der Waals surface area contributed by atoms with Crippen molar-refractivity contribution in [3.8, 4) is 11.4 Å². The molecule has 142 valence electrons. The van der Waals surface area contributed by atoms with E-state index in [2.05, 4.69) is 55.1 Å². The molecule has 0 radical (unpaired) electrons. The van der Waals surface area contributed by atoms with Crippen molar-refractivity contribution in [1.82, 2.24) is 14.9 Å². The third-order valence-corrected chi connectivity index (χ3v) is 6.06. The number of rotatable bonds is 4. The second-order valence-electron chi connectivity index (χ2n) is 7.08. The minimum atomic E-state index is -0.562. The van der Waals surface area contributed by atoms with Crippen molar-refractivity contribution in [2.24, 2.45) is 0 Å². The highest BCUT2D eigenvalue weighted by atomic mass is 79.9. The van der Waals surface area contributed by atoms with Gasteiger partial charge in [-0.2, -0.15) is 0 Å². The predicted molar refractivity (Wildman–Crippen MR) is 117 cm³/mol. The monoisotopic (exact) mass is 443 g/mol. The lowest BCUT2D eigenvalue weighted by Gasteiger charge is -2.34. The van der Waals surface area contributed by atoms with E-state index >= 15 is 0 Å². The van der Waals surface area contributed by atoms with Gasteiger partial charge in [-0.25, -0.2) is 4.98 Å². The average Bonchev–Trinajstić information content (AvgIpc) is 3.35. The fourth-order valence-electron chi connectivity index (χ4n) is 4.18. The number of hydrogen-bond acceptors (Lipinski definition) is 2. The van der Waals surface area contributed by atoms with Crippen LogP contribution in [-0.4, -0.2) is 22.0 Å². The molecule has 5 rings (SSSR count). The van der Waals surface area contributed by atoms with E-state index < -0.39 is 5.54 Å². The molecule has 1 aliphatic heterocycles. The lowest BCUT2D eigenvalue weighted by Crippen LogP contribution is -2.45. The molecule has 29 heavy (non-hydrogen) atoms. The van der Waals surface area contributed by atoms with Crippen molar-refractivity contribution in [3.05, 3.63) is 112 Å². The van der Waals surface area contributed by atoms with Gasteiger partial charge in [0.1, 0.15) is 11.4 Å². The van der Waals surface area contributed by atoms with Gasteiger partial charge in [0.2, 0.25) is 0 Å². The van der Waals surface area contributed by atoms with Crippen molar-refractivity contribution in [2.45, 2.75) is 5.54 Å². The Labute approximate surface area is 177 Å². The largest absolute Gasteiger partial charge is 0.349 e. The van der Waals surface area contributed by atoms with Crippen LogP contribution in [0.5, 0.6) is 0 Å². The summed E-state index contributed by atoms with van der Waals surface area (Å²) in [5, 5.41) is 3.17. The SMILES string of the molecule is O=C(NCC1(c2ccc(Br)cc2)c2ccccc2-c2nccn21)c1ccccc1. The number of hydrogen-bond donors (Lipinski definition) is 1. The van der Waals surface area contributed by atoms with Crippen LogP contribution in [0.25, 0.3) is 11.4 Å². The fourth-order valence-corrected chi connectivity index (χ4v) is 4.45. The summed E-state index contributed by atoms with van der Waals surface area (Å²) in [5.74, 6) is 0.825. The van der Waals surface area contributed by atoms with Crippen molar-refractivity contribution in [3.63, 3.8) is 0 Å². The van der Waals surface area contributed by atoms with Gasteiger partial charge in [-0.3, -0.25) is 4.79 Å². The number of halogens is 1. The summed E-state index contributed by atoms with van der Waals surface area (Å²) in [6.45, 7) is 0.419. The van der Waals surface area contributed by atoms with E-state index in [0.717, 1.165) is 27.0 Å². The fraction of sp³-hybridized carbons (Fsp3) is 0.0833. The molecule has 3 aromatic carbocycles. The molecule has 0 saturated heterocycles. The Hall–Kier alpha value is -3.18. The second kappa shape index (κ2) is 7.01. The molecule has 1 atom stereocenters. The molecule has 0 fully saturated rings. The summed E-state index contributed by atoms with van der Waals surface area (Å²) >= 11 is 3.53. The highest BCUT2D eigenvalue weighted by molar-refractivity contribution is 9.10. The Kier molecular flexibility index (Phi) is 4.32. The van der Waals surface area contributed by atoms with E-state index in [0.29, 0.717) is 12.1 Å². The maximum absolute atomic E-state index is 12.8. The van der Waals surface area contributed by atoms with E-state index in [-0.39, 0.29) is 5.91 Å². The van der Waals surface area contributed by atoms with Crippen molar-refractivity contribution in [1.29, 1.82) is 0 Å². The summed E-state index contributed by atoms with van der Waals surface area (Å²) in [6, 6.07) is 25.9. The Bertz CT molecular complexity index is 1180. The van der Waals surface area contributed by atoms with Gasteiger partial charge in [0.25, 0.3) is 5.91 Å². The molecule has 5 heteroatoms. The summed E-state index contributed by atoms with van der Waals surface area (Å²) in [6.07, 6.45) is 3.81. The van der Waals surface area contributed by atoms with Crippen LogP contribution in [0.4, 0.5) is 0 Å². The van der Waals surface area contributed by atoms with Crippen LogP contribution in [0.15, 0.2) is 95.7 Å². The number of nitrogens with zero attached hydrogens (tertiary/aromatic N) is 2. The zero-order valence-electron chi connectivity index (χ0n) is 15.5. The Morgan fingerprint density at radius 3 is 2.48 bits per heavy atom. The number of fused-ring (bicyclic) bond motifs is 3. The minimum Gasteiger partial charge on any atom is -0.349 e.